The van der Waals surface area contributed by atoms with Crippen LogP contribution < -0.4 is 4.74 Å². The molecule has 0 atom stereocenters. The minimum absolute atomic E-state index is 0.201. The SMILES string of the molecule is CCOc1c(C)cc(F)cc1C. The van der Waals surface area contributed by atoms with Crippen molar-refractivity contribution in [1.29, 1.82) is 0 Å². The summed E-state index contributed by atoms with van der Waals surface area (Å²) in [6.45, 7) is 6.23. The van der Waals surface area contributed by atoms with Gasteiger partial charge in [-0.2, -0.15) is 0 Å². The third kappa shape index (κ3) is 1.76. The molecule has 12 heavy (non-hydrogen) atoms. The first kappa shape index (κ1) is 9.04. The van der Waals surface area contributed by atoms with Gasteiger partial charge >= 0.3 is 0 Å². The maximum absolute atomic E-state index is 12.8. The standard InChI is InChI=1S/C10H13FO/c1-4-12-10-7(2)5-9(11)6-8(10)3/h5-6H,4H2,1-3H3. The Morgan fingerprint density at radius 2 is 1.75 bits per heavy atom. The predicted octanol–water partition coefficient (Wildman–Crippen LogP) is 2.84. The molecule has 1 nitrogen and oxygen atoms in total. The Morgan fingerprint density at radius 1 is 1.25 bits per heavy atom. The van der Waals surface area contributed by atoms with Gasteiger partial charge in [-0.15, -0.1) is 0 Å². The molecule has 0 bridgehead atoms. The lowest BCUT2D eigenvalue weighted by molar-refractivity contribution is 0.334. The Bertz CT molecular complexity index is 258. The van der Waals surface area contributed by atoms with Crippen LogP contribution in [0.2, 0.25) is 0 Å². The number of halogens is 1. The van der Waals surface area contributed by atoms with Gasteiger partial charge < -0.3 is 4.74 Å². The van der Waals surface area contributed by atoms with E-state index >= 15 is 0 Å². The van der Waals surface area contributed by atoms with E-state index in [9.17, 15) is 4.39 Å². The maximum atomic E-state index is 12.8. The Morgan fingerprint density at radius 3 is 2.17 bits per heavy atom. The highest BCUT2D eigenvalue weighted by atomic mass is 19.1. The van der Waals surface area contributed by atoms with Crippen LogP contribution in [0.4, 0.5) is 4.39 Å². The molecule has 0 aliphatic heterocycles. The van der Waals surface area contributed by atoms with Gasteiger partial charge in [0.25, 0.3) is 0 Å². The van der Waals surface area contributed by atoms with Crippen LogP contribution in [-0.2, 0) is 0 Å². The summed E-state index contributed by atoms with van der Waals surface area (Å²) in [5.41, 5.74) is 1.71. The van der Waals surface area contributed by atoms with Crippen LogP contribution in [0.1, 0.15) is 18.1 Å². The third-order valence-corrected chi connectivity index (χ3v) is 1.71. The summed E-state index contributed by atoms with van der Waals surface area (Å²) in [7, 11) is 0. The molecular formula is C10H13FO. The minimum Gasteiger partial charge on any atom is -0.493 e. The number of hydrogen-bond donors (Lipinski definition) is 0. The van der Waals surface area contributed by atoms with Crippen molar-refractivity contribution in [2.45, 2.75) is 20.8 Å². The average molecular weight is 168 g/mol. The summed E-state index contributed by atoms with van der Waals surface area (Å²) in [6.07, 6.45) is 0. The van der Waals surface area contributed by atoms with Crippen molar-refractivity contribution >= 4 is 0 Å². The third-order valence-electron chi connectivity index (χ3n) is 1.71. The molecule has 66 valence electrons. The van der Waals surface area contributed by atoms with E-state index in [0.717, 1.165) is 16.9 Å². The van der Waals surface area contributed by atoms with Crippen LogP contribution in [0.3, 0.4) is 0 Å². The van der Waals surface area contributed by atoms with E-state index in [1.54, 1.807) is 0 Å². The highest BCUT2D eigenvalue weighted by Crippen LogP contribution is 2.23. The molecule has 1 rings (SSSR count). The van der Waals surface area contributed by atoms with Crippen LogP contribution in [0, 0.1) is 19.7 Å². The first-order valence-electron chi connectivity index (χ1n) is 4.04. The summed E-state index contributed by atoms with van der Waals surface area (Å²) in [5, 5.41) is 0. The lowest BCUT2D eigenvalue weighted by Gasteiger charge is -2.09. The van der Waals surface area contributed by atoms with Gasteiger partial charge in [-0.1, -0.05) is 0 Å². The van der Waals surface area contributed by atoms with Crippen molar-refractivity contribution < 1.29 is 9.13 Å². The molecule has 0 heterocycles. The van der Waals surface area contributed by atoms with Crippen molar-refractivity contribution in [2.24, 2.45) is 0 Å². The van der Waals surface area contributed by atoms with Crippen LogP contribution in [0.25, 0.3) is 0 Å². The second kappa shape index (κ2) is 3.57. The van der Waals surface area contributed by atoms with Gasteiger partial charge in [0, 0.05) is 0 Å². The van der Waals surface area contributed by atoms with Gasteiger partial charge in [0.05, 0.1) is 6.61 Å². The van der Waals surface area contributed by atoms with Gasteiger partial charge in [-0.25, -0.2) is 4.39 Å². The lowest BCUT2D eigenvalue weighted by atomic mass is 10.1. The van der Waals surface area contributed by atoms with E-state index in [0.29, 0.717) is 6.61 Å². The molecule has 0 fully saturated rings. The highest BCUT2D eigenvalue weighted by molar-refractivity contribution is 5.40. The van der Waals surface area contributed by atoms with Crippen molar-refractivity contribution in [3.63, 3.8) is 0 Å². The van der Waals surface area contributed by atoms with Crippen molar-refractivity contribution in [2.75, 3.05) is 6.61 Å². The second-order valence-electron chi connectivity index (χ2n) is 2.80. The van der Waals surface area contributed by atoms with Gasteiger partial charge in [-0.3, -0.25) is 0 Å². The normalized spacial score (nSPS) is 10.0. The first-order valence-corrected chi connectivity index (χ1v) is 4.04. The maximum Gasteiger partial charge on any atom is 0.125 e. The fraction of sp³-hybridized carbons (Fsp3) is 0.400. The molecule has 1 aromatic rings. The van der Waals surface area contributed by atoms with Gasteiger partial charge in [0.15, 0.2) is 0 Å². The Labute approximate surface area is 72.2 Å². The molecule has 0 amide bonds. The van der Waals surface area contributed by atoms with E-state index < -0.39 is 0 Å². The van der Waals surface area contributed by atoms with Crippen LogP contribution >= 0.6 is 0 Å². The summed E-state index contributed by atoms with van der Waals surface area (Å²) in [4.78, 5) is 0. The topological polar surface area (TPSA) is 9.23 Å². The molecule has 0 spiro atoms. The van der Waals surface area contributed by atoms with Gasteiger partial charge in [-0.05, 0) is 44.0 Å². The fourth-order valence-corrected chi connectivity index (χ4v) is 1.27. The highest BCUT2D eigenvalue weighted by Gasteiger charge is 2.04. The summed E-state index contributed by atoms with van der Waals surface area (Å²) < 4.78 is 18.1. The lowest BCUT2D eigenvalue weighted by Crippen LogP contribution is -1.97. The number of hydrogen-bond acceptors (Lipinski definition) is 1. The van der Waals surface area contributed by atoms with Gasteiger partial charge in [0.1, 0.15) is 11.6 Å². The summed E-state index contributed by atoms with van der Waals surface area (Å²) in [5.74, 6) is 0.604. The minimum atomic E-state index is -0.201. The zero-order valence-corrected chi connectivity index (χ0v) is 7.65. The van der Waals surface area contributed by atoms with E-state index in [1.807, 2.05) is 20.8 Å². The Balaban J connectivity index is 3.10. The molecule has 0 saturated heterocycles. The number of rotatable bonds is 2. The fourth-order valence-electron chi connectivity index (χ4n) is 1.27. The van der Waals surface area contributed by atoms with Crippen molar-refractivity contribution in [1.82, 2.24) is 0 Å². The smallest absolute Gasteiger partial charge is 0.125 e. The molecule has 0 aliphatic rings. The summed E-state index contributed by atoms with van der Waals surface area (Å²) >= 11 is 0. The first-order chi connectivity index (χ1) is 5.65. The molecule has 0 saturated carbocycles. The zero-order chi connectivity index (χ0) is 9.14. The van der Waals surface area contributed by atoms with Crippen LogP contribution in [-0.4, -0.2) is 6.61 Å². The predicted molar refractivity (Wildman–Crippen MR) is 47.0 cm³/mol. The molecule has 2 heteroatoms. The van der Waals surface area contributed by atoms with Crippen molar-refractivity contribution in [3.05, 3.63) is 29.1 Å². The zero-order valence-electron chi connectivity index (χ0n) is 7.65. The number of ether oxygens (including phenoxy) is 1. The number of aryl methyl sites for hydroxylation is 2. The van der Waals surface area contributed by atoms with E-state index in [2.05, 4.69) is 0 Å². The van der Waals surface area contributed by atoms with Crippen LogP contribution in [0.5, 0.6) is 5.75 Å². The van der Waals surface area contributed by atoms with Crippen LogP contribution in [0.15, 0.2) is 12.1 Å². The molecule has 0 unspecified atom stereocenters. The van der Waals surface area contributed by atoms with E-state index in [-0.39, 0.29) is 5.82 Å². The summed E-state index contributed by atoms with van der Waals surface area (Å²) in [6, 6.07) is 2.97. The second-order valence-corrected chi connectivity index (χ2v) is 2.80. The quantitative estimate of drug-likeness (QED) is 0.659. The average Bonchev–Trinajstić information content (AvgIpc) is 1.96. The Kier molecular flexibility index (Phi) is 2.69. The molecule has 1 aromatic carbocycles. The van der Waals surface area contributed by atoms with E-state index in [1.165, 1.54) is 12.1 Å². The molecule has 0 aliphatic carbocycles. The number of benzene rings is 1. The monoisotopic (exact) mass is 168 g/mol. The molecular weight excluding hydrogens is 155 g/mol. The molecule has 0 radical (unpaired) electrons. The largest absolute Gasteiger partial charge is 0.493 e. The van der Waals surface area contributed by atoms with Gasteiger partial charge in [0.2, 0.25) is 0 Å². The molecule has 0 aromatic heterocycles. The van der Waals surface area contributed by atoms with Crippen molar-refractivity contribution in [3.8, 4) is 5.75 Å². The Hall–Kier alpha value is -1.05. The molecule has 0 N–H and O–H groups in total. The van der Waals surface area contributed by atoms with E-state index in [4.69, 9.17) is 4.74 Å².